The third-order valence-electron chi connectivity index (χ3n) is 4.81. The minimum atomic E-state index is -3.73. The normalized spacial score (nSPS) is 11.8. The maximum absolute atomic E-state index is 12.8. The molecule has 8 heteroatoms. The lowest BCUT2D eigenvalue weighted by molar-refractivity contribution is 0.0950. The monoisotopic (exact) mass is 444 g/mol. The number of pyridine rings is 1. The topological polar surface area (TPSA) is 101 Å². The minimum absolute atomic E-state index is 0.190. The van der Waals surface area contributed by atoms with E-state index in [2.05, 4.69) is 20.2 Å². The SMILES string of the molecule is CC(=NNC(=O)c1ccccn1)c1ccc(NS(=O)(=O)c2ccc3ccccc3c2)cc1. The van der Waals surface area contributed by atoms with Gasteiger partial charge in [0.2, 0.25) is 0 Å². The van der Waals surface area contributed by atoms with Crippen LogP contribution in [0.2, 0.25) is 0 Å². The zero-order valence-electron chi connectivity index (χ0n) is 17.2. The molecule has 0 atom stereocenters. The number of rotatable bonds is 6. The standard InChI is InChI=1S/C24H20N4O3S/c1-17(26-27-24(29)23-8-4-5-15-25-23)18-9-12-21(13-10-18)28-32(30,31)22-14-11-19-6-2-3-7-20(19)16-22/h2-16,28H,1H3,(H,27,29). The maximum Gasteiger partial charge on any atom is 0.289 e. The Labute approximate surface area is 185 Å². The molecule has 2 N–H and O–H groups in total. The van der Waals surface area contributed by atoms with Gasteiger partial charge in [0.05, 0.1) is 10.6 Å². The van der Waals surface area contributed by atoms with Crippen molar-refractivity contribution in [1.82, 2.24) is 10.4 Å². The fourth-order valence-corrected chi connectivity index (χ4v) is 4.18. The summed E-state index contributed by atoms with van der Waals surface area (Å²) in [6.07, 6.45) is 1.53. The van der Waals surface area contributed by atoms with E-state index in [1.165, 1.54) is 6.20 Å². The van der Waals surface area contributed by atoms with Crippen molar-refractivity contribution in [3.05, 3.63) is 102 Å². The Balaban J connectivity index is 1.46. The maximum atomic E-state index is 12.8. The smallest absolute Gasteiger partial charge is 0.280 e. The molecule has 4 aromatic rings. The van der Waals surface area contributed by atoms with Crippen LogP contribution in [0.5, 0.6) is 0 Å². The van der Waals surface area contributed by atoms with E-state index >= 15 is 0 Å². The summed E-state index contributed by atoms with van der Waals surface area (Å²) < 4.78 is 28.2. The highest BCUT2D eigenvalue weighted by molar-refractivity contribution is 7.92. The molecule has 1 aromatic heterocycles. The van der Waals surface area contributed by atoms with Crippen molar-refractivity contribution in [2.24, 2.45) is 5.10 Å². The van der Waals surface area contributed by atoms with Gasteiger partial charge in [-0.05, 0) is 59.7 Å². The fraction of sp³-hybridized carbons (Fsp3) is 0.0417. The Morgan fingerprint density at radius 1 is 0.875 bits per heavy atom. The van der Waals surface area contributed by atoms with Crippen molar-refractivity contribution in [3.63, 3.8) is 0 Å². The molecule has 0 aliphatic rings. The number of hydrazone groups is 1. The zero-order chi connectivity index (χ0) is 22.6. The molecule has 0 unspecified atom stereocenters. The first-order valence-electron chi connectivity index (χ1n) is 9.80. The van der Waals surface area contributed by atoms with Gasteiger partial charge in [-0.25, -0.2) is 13.8 Å². The molecule has 0 saturated heterocycles. The molecule has 0 aliphatic heterocycles. The second-order valence-corrected chi connectivity index (χ2v) is 8.73. The lowest BCUT2D eigenvalue weighted by Crippen LogP contribution is -2.20. The van der Waals surface area contributed by atoms with Gasteiger partial charge in [0.15, 0.2) is 0 Å². The van der Waals surface area contributed by atoms with Crippen LogP contribution in [-0.2, 0) is 10.0 Å². The number of fused-ring (bicyclic) bond motifs is 1. The number of carbonyl (C=O) groups is 1. The summed E-state index contributed by atoms with van der Waals surface area (Å²) in [5.41, 5.74) is 4.45. The van der Waals surface area contributed by atoms with Gasteiger partial charge < -0.3 is 0 Å². The quantitative estimate of drug-likeness (QED) is 0.344. The summed E-state index contributed by atoms with van der Waals surface area (Å²) in [6, 6.07) is 24.4. The van der Waals surface area contributed by atoms with Gasteiger partial charge in [-0.3, -0.25) is 14.5 Å². The van der Waals surface area contributed by atoms with E-state index in [1.807, 2.05) is 24.3 Å². The predicted octanol–water partition coefficient (Wildman–Crippen LogP) is 4.19. The first kappa shape index (κ1) is 21.2. The molecule has 0 aliphatic carbocycles. The Kier molecular flexibility index (Phi) is 5.96. The summed E-state index contributed by atoms with van der Waals surface area (Å²) in [5, 5.41) is 5.91. The van der Waals surface area contributed by atoms with Crippen molar-refractivity contribution < 1.29 is 13.2 Å². The van der Waals surface area contributed by atoms with Gasteiger partial charge in [-0.15, -0.1) is 0 Å². The Morgan fingerprint density at radius 3 is 2.31 bits per heavy atom. The van der Waals surface area contributed by atoms with Gasteiger partial charge in [-0.2, -0.15) is 5.10 Å². The summed E-state index contributed by atoms with van der Waals surface area (Å²) in [4.78, 5) is 16.2. The molecule has 160 valence electrons. The molecule has 3 aromatic carbocycles. The van der Waals surface area contributed by atoms with Crippen molar-refractivity contribution >= 4 is 38.1 Å². The van der Waals surface area contributed by atoms with E-state index in [0.717, 1.165) is 16.3 Å². The minimum Gasteiger partial charge on any atom is -0.280 e. The zero-order valence-corrected chi connectivity index (χ0v) is 18.0. The fourth-order valence-electron chi connectivity index (χ4n) is 3.08. The van der Waals surface area contributed by atoms with E-state index in [4.69, 9.17) is 0 Å². The third kappa shape index (κ3) is 4.81. The number of benzene rings is 3. The van der Waals surface area contributed by atoms with Gasteiger partial charge in [-0.1, -0.05) is 48.5 Å². The van der Waals surface area contributed by atoms with Crippen molar-refractivity contribution in [1.29, 1.82) is 0 Å². The number of carbonyl (C=O) groups excluding carboxylic acids is 1. The Bertz CT molecular complexity index is 1400. The van der Waals surface area contributed by atoms with Crippen LogP contribution in [0.25, 0.3) is 10.8 Å². The number of hydrogen-bond donors (Lipinski definition) is 2. The lowest BCUT2D eigenvalue weighted by atomic mass is 10.1. The Morgan fingerprint density at radius 2 is 1.59 bits per heavy atom. The highest BCUT2D eigenvalue weighted by Crippen LogP contribution is 2.21. The van der Waals surface area contributed by atoms with Crippen LogP contribution in [0.15, 0.2) is 101 Å². The second-order valence-electron chi connectivity index (χ2n) is 7.04. The molecule has 0 saturated carbocycles. The van der Waals surface area contributed by atoms with E-state index in [0.29, 0.717) is 11.4 Å². The van der Waals surface area contributed by atoms with Crippen LogP contribution in [0.3, 0.4) is 0 Å². The average molecular weight is 445 g/mol. The van der Waals surface area contributed by atoms with Gasteiger partial charge >= 0.3 is 0 Å². The number of hydrogen-bond acceptors (Lipinski definition) is 5. The highest BCUT2D eigenvalue weighted by atomic mass is 32.2. The third-order valence-corrected chi connectivity index (χ3v) is 6.19. The second kappa shape index (κ2) is 8.99. The summed E-state index contributed by atoms with van der Waals surface area (Å²) >= 11 is 0. The summed E-state index contributed by atoms with van der Waals surface area (Å²) in [5.74, 6) is -0.412. The van der Waals surface area contributed by atoms with Gasteiger partial charge in [0, 0.05) is 11.9 Å². The largest absolute Gasteiger partial charge is 0.289 e. The predicted molar refractivity (Wildman–Crippen MR) is 125 cm³/mol. The number of sulfonamides is 1. The van der Waals surface area contributed by atoms with Crippen LogP contribution in [-0.4, -0.2) is 25.0 Å². The molecule has 4 rings (SSSR count). The van der Waals surface area contributed by atoms with Crippen LogP contribution in [0.4, 0.5) is 5.69 Å². The molecule has 7 nitrogen and oxygen atoms in total. The molecule has 0 radical (unpaired) electrons. The number of anilines is 1. The van der Waals surface area contributed by atoms with E-state index in [9.17, 15) is 13.2 Å². The Hall–Kier alpha value is -4.04. The molecule has 1 heterocycles. The first-order valence-corrected chi connectivity index (χ1v) is 11.3. The average Bonchev–Trinajstić information content (AvgIpc) is 2.82. The van der Waals surface area contributed by atoms with E-state index in [-0.39, 0.29) is 10.6 Å². The molecule has 32 heavy (non-hydrogen) atoms. The van der Waals surface area contributed by atoms with Crippen LogP contribution in [0, 0.1) is 0 Å². The first-order chi connectivity index (χ1) is 15.4. The van der Waals surface area contributed by atoms with Crippen molar-refractivity contribution in [2.45, 2.75) is 11.8 Å². The molecular formula is C24H20N4O3S. The van der Waals surface area contributed by atoms with E-state index < -0.39 is 15.9 Å². The number of amides is 1. The van der Waals surface area contributed by atoms with Gasteiger partial charge in [0.25, 0.3) is 15.9 Å². The summed E-state index contributed by atoms with van der Waals surface area (Å²) in [6.45, 7) is 1.74. The van der Waals surface area contributed by atoms with Gasteiger partial charge in [0.1, 0.15) is 5.69 Å². The number of nitrogens with one attached hydrogen (secondary N) is 2. The molecule has 0 bridgehead atoms. The highest BCUT2D eigenvalue weighted by Gasteiger charge is 2.15. The van der Waals surface area contributed by atoms with E-state index in [1.54, 1.807) is 67.6 Å². The molecule has 1 amide bonds. The van der Waals surface area contributed by atoms with Crippen molar-refractivity contribution in [2.75, 3.05) is 4.72 Å². The van der Waals surface area contributed by atoms with Crippen LogP contribution in [0.1, 0.15) is 23.0 Å². The molecular weight excluding hydrogens is 424 g/mol. The number of nitrogens with zero attached hydrogens (tertiary/aromatic N) is 2. The number of aromatic nitrogens is 1. The van der Waals surface area contributed by atoms with Crippen LogP contribution < -0.4 is 10.1 Å². The van der Waals surface area contributed by atoms with Crippen molar-refractivity contribution in [3.8, 4) is 0 Å². The molecule has 0 fully saturated rings. The lowest BCUT2D eigenvalue weighted by Gasteiger charge is -2.10. The molecule has 0 spiro atoms. The van der Waals surface area contributed by atoms with Crippen LogP contribution >= 0.6 is 0 Å². The summed E-state index contributed by atoms with van der Waals surface area (Å²) in [7, 11) is -3.73.